The van der Waals surface area contributed by atoms with Crippen molar-refractivity contribution in [1.82, 2.24) is 5.32 Å². The summed E-state index contributed by atoms with van der Waals surface area (Å²) in [7, 11) is -3.45. The van der Waals surface area contributed by atoms with Gasteiger partial charge in [-0.3, -0.25) is 4.79 Å². The third-order valence-electron chi connectivity index (χ3n) is 2.98. The maximum atomic E-state index is 12.0. The van der Waals surface area contributed by atoms with Crippen LogP contribution in [-0.4, -0.2) is 26.1 Å². The first-order valence-electron chi connectivity index (χ1n) is 6.60. The monoisotopic (exact) mass is 361 g/mol. The van der Waals surface area contributed by atoms with Gasteiger partial charge in [0, 0.05) is 10.5 Å². The van der Waals surface area contributed by atoms with E-state index in [0.29, 0.717) is 5.56 Å². The highest BCUT2D eigenvalue weighted by Crippen LogP contribution is 2.14. The number of carbonyl (C=O) groups is 1. The van der Waals surface area contributed by atoms with Gasteiger partial charge in [0.25, 0.3) is 0 Å². The summed E-state index contributed by atoms with van der Waals surface area (Å²) in [5.74, 6) is -1.01. The average molecular weight is 362 g/mol. The molecule has 0 spiro atoms. The number of amides is 1. The van der Waals surface area contributed by atoms with Gasteiger partial charge in [0.2, 0.25) is 5.91 Å². The molecule has 1 aromatic rings. The zero-order valence-electron chi connectivity index (χ0n) is 11.7. The molecule has 0 aromatic heterocycles. The Hall–Kier alpha value is -0.880. The van der Waals surface area contributed by atoms with Gasteiger partial charge >= 0.3 is 0 Å². The second-order valence-corrected chi connectivity index (χ2v) is 7.72. The van der Waals surface area contributed by atoms with Crippen LogP contribution < -0.4 is 5.32 Å². The first-order valence-corrected chi connectivity index (χ1v) is 9.22. The van der Waals surface area contributed by atoms with Crippen LogP contribution in [0.25, 0.3) is 0 Å². The van der Waals surface area contributed by atoms with E-state index in [4.69, 9.17) is 0 Å². The number of sulfone groups is 1. The summed E-state index contributed by atoms with van der Waals surface area (Å²) in [5.41, 5.74) is 0.676. The molecule has 0 saturated carbocycles. The topological polar surface area (TPSA) is 63.2 Å². The van der Waals surface area contributed by atoms with E-state index in [1.807, 2.05) is 19.9 Å². The molecule has 0 saturated heterocycles. The van der Waals surface area contributed by atoms with Crippen molar-refractivity contribution in [3.05, 3.63) is 34.3 Å². The lowest BCUT2D eigenvalue weighted by Crippen LogP contribution is -2.38. The Kier molecular flexibility index (Phi) is 6.68. The lowest BCUT2D eigenvalue weighted by atomic mass is 10.2. The predicted octanol–water partition coefficient (Wildman–Crippen LogP) is 2.67. The molecule has 4 nitrogen and oxygen atoms in total. The SMILES string of the molecule is CCC(CC)NC(=O)CS(=O)(=O)Cc1cccc(Br)c1. The Morgan fingerprint density at radius 3 is 2.50 bits per heavy atom. The lowest BCUT2D eigenvalue weighted by Gasteiger charge is -2.14. The Bertz CT molecular complexity index is 553. The van der Waals surface area contributed by atoms with Crippen molar-refractivity contribution in [2.75, 3.05) is 5.75 Å². The van der Waals surface area contributed by atoms with E-state index in [2.05, 4.69) is 21.2 Å². The Morgan fingerprint density at radius 2 is 1.95 bits per heavy atom. The number of nitrogens with one attached hydrogen (secondary N) is 1. The lowest BCUT2D eigenvalue weighted by molar-refractivity contribution is -0.119. The molecule has 0 radical (unpaired) electrons. The number of hydrogen-bond donors (Lipinski definition) is 1. The smallest absolute Gasteiger partial charge is 0.235 e. The van der Waals surface area contributed by atoms with E-state index in [-0.39, 0.29) is 11.8 Å². The summed E-state index contributed by atoms with van der Waals surface area (Å²) >= 11 is 3.30. The number of hydrogen-bond acceptors (Lipinski definition) is 3. The van der Waals surface area contributed by atoms with Gasteiger partial charge in [-0.2, -0.15) is 0 Å². The van der Waals surface area contributed by atoms with Crippen LogP contribution in [0.3, 0.4) is 0 Å². The quantitative estimate of drug-likeness (QED) is 0.811. The van der Waals surface area contributed by atoms with Gasteiger partial charge in [-0.25, -0.2) is 8.42 Å². The third-order valence-corrected chi connectivity index (χ3v) is 4.95. The van der Waals surface area contributed by atoms with Gasteiger partial charge < -0.3 is 5.32 Å². The van der Waals surface area contributed by atoms with Crippen LogP contribution in [0.15, 0.2) is 28.7 Å². The molecule has 0 aliphatic rings. The van der Waals surface area contributed by atoms with Gasteiger partial charge in [0.15, 0.2) is 9.84 Å². The molecule has 6 heteroatoms. The van der Waals surface area contributed by atoms with Gasteiger partial charge in [0.1, 0.15) is 5.75 Å². The molecule has 0 aliphatic heterocycles. The number of rotatable bonds is 7. The van der Waals surface area contributed by atoms with E-state index in [1.165, 1.54) is 0 Å². The summed E-state index contributed by atoms with van der Waals surface area (Å²) < 4.78 is 24.8. The standard InChI is InChI=1S/C14H20BrNO3S/c1-3-13(4-2)16-14(17)10-20(18,19)9-11-6-5-7-12(15)8-11/h5-8,13H,3-4,9-10H2,1-2H3,(H,16,17). The molecule has 0 heterocycles. The van der Waals surface area contributed by atoms with Crippen molar-refractivity contribution in [3.8, 4) is 0 Å². The molecule has 0 unspecified atom stereocenters. The molecule has 20 heavy (non-hydrogen) atoms. The van der Waals surface area contributed by atoms with E-state index < -0.39 is 21.5 Å². The highest BCUT2D eigenvalue weighted by Gasteiger charge is 2.19. The van der Waals surface area contributed by atoms with Crippen molar-refractivity contribution in [2.24, 2.45) is 0 Å². The van der Waals surface area contributed by atoms with Gasteiger partial charge in [-0.05, 0) is 30.5 Å². The summed E-state index contributed by atoms with van der Waals surface area (Å²) in [5, 5.41) is 2.74. The zero-order valence-corrected chi connectivity index (χ0v) is 14.1. The molecule has 0 fully saturated rings. The molecule has 1 rings (SSSR count). The second kappa shape index (κ2) is 7.78. The van der Waals surface area contributed by atoms with Crippen molar-refractivity contribution >= 4 is 31.7 Å². The Morgan fingerprint density at radius 1 is 1.30 bits per heavy atom. The Labute approximate surface area is 129 Å². The molecule has 0 aliphatic carbocycles. The normalized spacial score (nSPS) is 11.6. The molecule has 112 valence electrons. The summed E-state index contributed by atoms with van der Waals surface area (Å²) in [6.45, 7) is 3.93. The molecule has 0 bridgehead atoms. The largest absolute Gasteiger partial charge is 0.353 e. The highest BCUT2D eigenvalue weighted by atomic mass is 79.9. The number of carbonyl (C=O) groups excluding carboxylic acids is 1. The minimum absolute atomic E-state index is 0.0450. The highest BCUT2D eigenvalue weighted by molar-refractivity contribution is 9.10. The van der Waals surface area contributed by atoms with E-state index >= 15 is 0 Å². The third kappa shape index (κ3) is 6.05. The molecule has 1 amide bonds. The van der Waals surface area contributed by atoms with Crippen LogP contribution in [0, 0.1) is 0 Å². The van der Waals surface area contributed by atoms with E-state index in [9.17, 15) is 13.2 Å². The first kappa shape index (κ1) is 17.2. The Balaban J connectivity index is 2.63. The second-order valence-electron chi connectivity index (χ2n) is 4.74. The van der Waals surface area contributed by atoms with Crippen LogP contribution in [0.2, 0.25) is 0 Å². The minimum atomic E-state index is -3.45. The van der Waals surface area contributed by atoms with Crippen LogP contribution in [0.5, 0.6) is 0 Å². The van der Waals surface area contributed by atoms with Gasteiger partial charge in [0.05, 0.1) is 5.75 Å². The van der Waals surface area contributed by atoms with Crippen LogP contribution in [0.4, 0.5) is 0 Å². The first-order chi connectivity index (χ1) is 9.36. The van der Waals surface area contributed by atoms with Gasteiger partial charge in [-0.1, -0.05) is 41.9 Å². The van der Waals surface area contributed by atoms with Crippen molar-refractivity contribution in [1.29, 1.82) is 0 Å². The van der Waals surface area contributed by atoms with Crippen molar-refractivity contribution in [2.45, 2.75) is 38.5 Å². The fraction of sp³-hybridized carbons (Fsp3) is 0.500. The average Bonchev–Trinajstić information content (AvgIpc) is 2.34. The predicted molar refractivity (Wildman–Crippen MR) is 84.1 cm³/mol. The molecular weight excluding hydrogens is 342 g/mol. The van der Waals surface area contributed by atoms with Crippen LogP contribution >= 0.6 is 15.9 Å². The van der Waals surface area contributed by atoms with Gasteiger partial charge in [-0.15, -0.1) is 0 Å². The van der Waals surface area contributed by atoms with Crippen molar-refractivity contribution < 1.29 is 13.2 Å². The number of halogens is 1. The maximum Gasteiger partial charge on any atom is 0.235 e. The summed E-state index contributed by atoms with van der Waals surface area (Å²) in [6, 6.07) is 7.13. The van der Waals surface area contributed by atoms with Crippen molar-refractivity contribution in [3.63, 3.8) is 0 Å². The minimum Gasteiger partial charge on any atom is -0.353 e. The molecule has 1 aromatic carbocycles. The fourth-order valence-corrected chi connectivity index (χ4v) is 3.61. The molecule has 1 N–H and O–H groups in total. The van der Waals surface area contributed by atoms with Crippen LogP contribution in [-0.2, 0) is 20.4 Å². The number of benzene rings is 1. The summed E-state index contributed by atoms with van der Waals surface area (Å²) in [4.78, 5) is 11.7. The maximum absolute atomic E-state index is 12.0. The van der Waals surface area contributed by atoms with Crippen LogP contribution in [0.1, 0.15) is 32.3 Å². The summed E-state index contributed by atoms with van der Waals surface area (Å²) in [6.07, 6.45) is 1.60. The molecular formula is C14H20BrNO3S. The van der Waals surface area contributed by atoms with E-state index in [1.54, 1.807) is 18.2 Å². The fourth-order valence-electron chi connectivity index (χ4n) is 1.89. The molecule has 0 atom stereocenters. The van der Waals surface area contributed by atoms with E-state index in [0.717, 1.165) is 17.3 Å². The zero-order chi connectivity index (χ0) is 15.2.